The summed E-state index contributed by atoms with van der Waals surface area (Å²) in [4.78, 5) is 4.35. The van der Waals surface area contributed by atoms with Gasteiger partial charge in [0.25, 0.3) is 0 Å². The van der Waals surface area contributed by atoms with Crippen LogP contribution in [0.25, 0.3) is 0 Å². The second-order valence-corrected chi connectivity index (χ2v) is 5.17. The van der Waals surface area contributed by atoms with Crippen molar-refractivity contribution in [2.45, 2.75) is 33.0 Å². The van der Waals surface area contributed by atoms with Crippen molar-refractivity contribution < 1.29 is 9.84 Å². The first-order valence-electron chi connectivity index (χ1n) is 6.01. The van der Waals surface area contributed by atoms with Gasteiger partial charge < -0.3 is 9.84 Å². The van der Waals surface area contributed by atoms with Crippen LogP contribution in [-0.4, -0.2) is 10.1 Å². The van der Waals surface area contributed by atoms with E-state index in [1.807, 2.05) is 43.5 Å². The van der Waals surface area contributed by atoms with E-state index in [0.717, 1.165) is 22.0 Å². The molecule has 1 aromatic heterocycles. The Balaban J connectivity index is 2.09. The Kier molecular flexibility index (Phi) is 4.33. The first kappa shape index (κ1) is 13.1. The second-order valence-electron chi connectivity index (χ2n) is 4.11. The molecule has 4 heteroatoms. The molecule has 0 bridgehead atoms. The number of ether oxygens (including phenoxy) is 1. The van der Waals surface area contributed by atoms with Gasteiger partial charge in [-0.3, -0.25) is 0 Å². The summed E-state index contributed by atoms with van der Waals surface area (Å²) in [6.07, 6.45) is 0.203. The zero-order chi connectivity index (χ0) is 13.0. The van der Waals surface area contributed by atoms with Crippen molar-refractivity contribution in [3.8, 4) is 5.75 Å². The fraction of sp³-hybridized carbons (Fsp3) is 0.357. The summed E-state index contributed by atoms with van der Waals surface area (Å²) in [5, 5.41) is 12.9. The Morgan fingerprint density at radius 3 is 2.83 bits per heavy atom. The molecular formula is C14H17NO2S. The summed E-state index contributed by atoms with van der Waals surface area (Å²) in [6, 6.07) is 7.60. The Morgan fingerprint density at radius 1 is 1.39 bits per heavy atom. The maximum absolute atomic E-state index is 9.92. The normalized spacial score (nSPS) is 12.4. The minimum atomic E-state index is -0.474. The zero-order valence-corrected chi connectivity index (χ0v) is 11.4. The fourth-order valence-electron chi connectivity index (χ4n) is 1.73. The summed E-state index contributed by atoms with van der Waals surface area (Å²) in [5.74, 6) is 0.734. The van der Waals surface area contributed by atoms with Crippen molar-refractivity contribution in [1.82, 2.24) is 4.98 Å². The number of thiazole rings is 1. The molecule has 1 atom stereocenters. The summed E-state index contributed by atoms with van der Waals surface area (Å²) in [6.45, 7) is 4.37. The summed E-state index contributed by atoms with van der Waals surface area (Å²) in [7, 11) is 0. The van der Waals surface area contributed by atoms with Gasteiger partial charge in [0.1, 0.15) is 12.4 Å². The predicted octanol–water partition coefficient (Wildman–Crippen LogP) is 3.47. The van der Waals surface area contributed by atoms with Crippen LogP contribution in [0.1, 0.15) is 35.7 Å². The minimum Gasteiger partial charge on any atom is -0.487 e. The van der Waals surface area contributed by atoms with Gasteiger partial charge in [-0.25, -0.2) is 4.98 Å². The molecule has 0 amide bonds. The van der Waals surface area contributed by atoms with E-state index in [1.54, 1.807) is 11.3 Å². The van der Waals surface area contributed by atoms with Gasteiger partial charge in [0.15, 0.2) is 0 Å². The van der Waals surface area contributed by atoms with E-state index in [2.05, 4.69) is 4.98 Å². The molecule has 0 saturated heterocycles. The first-order chi connectivity index (χ1) is 8.70. The molecule has 0 aliphatic carbocycles. The van der Waals surface area contributed by atoms with Crippen LogP contribution in [-0.2, 0) is 6.61 Å². The lowest BCUT2D eigenvalue weighted by molar-refractivity contribution is 0.166. The molecule has 0 saturated carbocycles. The molecule has 1 aromatic carbocycles. The molecule has 0 aliphatic rings. The van der Waals surface area contributed by atoms with Gasteiger partial charge in [-0.2, -0.15) is 0 Å². The Hall–Kier alpha value is -1.39. The number of hydrogen-bond donors (Lipinski definition) is 1. The van der Waals surface area contributed by atoms with Crippen LogP contribution in [0.15, 0.2) is 29.6 Å². The molecule has 3 nitrogen and oxygen atoms in total. The summed E-state index contributed by atoms with van der Waals surface area (Å²) in [5.41, 5.74) is 1.77. The standard InChI is InChI=1S/C14H17NO2S/c1-3-13(16)12-6-4-5-7-14(12)17-8-11-9-18-10(2)15-11/h4-7,9,13,16H,3,8H2,1-2H3/t13-/m0/s1. The fourth-order valence-corrected chi connectivity index (χ4v) is 2.33. The molecule has 0 unspecified atom stereocenters. The molecule has 0 radical (unpaired) electrons. The van der Waals surface area contributed by atoms with E-state index in [0.29, 0.717) is 13.0 Å². The van der Waals surface area contributed by atoms with E-state index < -0.39 is 6.10 Å². The zero-order valence-electron chi connectivity index (χ0n) is 10.6. The van der Waals surface area contributed by atoms with Crippen LogP contribution in [0.4, 0.5) is 0 Å². The maximum Gasteiger partial charge on any atom is 0.131 e. The van der Waals surface area contributed by atoms with Gasteiger partial charge in [-0.15, -0.1) is 11.3 Å². The molecule has 96 valence electrons. The van der Waals surface area contributed by atoms with Crippen molar-refractivity contribution >= 4 is 11.3 Å². The van der Waals surface area contributed by atoms with E-state index in [1.165, 1.54) is 0 Å². The SMILES string of the molecule is CC[C@H](O)c1ccccc1OCc1csc(C)n1. The van der Waals surface area contributed by atoms with Crippen LogP contribution < -0.4 is 4.74 Å². The topological polar surface area (TPSA) is 42.4 Å². The highest BCUT2D eigenvalue weighted by molar-refractivity contribution is 7.09. The molecule has 0 fully saturated rings. The van der Waals surface area contributed by atoms with Crippen molar-refractivity contribution in [2.24, 2.45) is 0 Å². The highest BCUT2D eigenvalue weighted by Crippen LogP contribution is 2.27. The molecule has 1 N–H and O–H groups in total. The van der Waals surface area contributed by atoms with Gasteiger partial charge in [-0.1, -0.05) is 25.1 Å². The average Bonchev–Trinajstić information content (AvgIpc) is 2.81. The number of aliphatic hydroxyl groups excluding tert-OH is 1. The van der Waals surface area contributed by atoms with Gasteiger partial charge in [-0.05, 0) is 19.4 Å². The number of aromatic nitrogens is 1. The van der Waals surface area contributed by atoms with Crippen molar-refractivity contribution in [3.05, 3.63) is 45.9 Å². The summed E-state index contributed by atoms with van der Waals surface area (Å²) < 4.78 is 5.74. The van der Waals surface area contributed by atoms with Gasteiger partial charge in [0.2, 0.25) is 0 Å². The number of aliphatic hydroxyl groups is 1. The lowest BCUT2D eigenvalue weighted by Crippen LogP contribution is -2.02. The van der Waals surface area contributed by atoms with E-state index in [9.17, 15) is 5.11 Å². The number of benzene rings is 1. The van der Waals surface area contributed by atoms with Crippen molar-refractivity contribution in [1.29, 1.82) is 0 Å². The number of hydrogen-bond acceptors (Lipinski definition) is 4. The van der Waals surface area contributed by atoms with Gasteiger partial charge in [0, 0.05) is 10.9 Å². The minimum absolute atomic E-state index is 0.442. The molecule has 1 heterocycles. The quantitative estimate of drug-likeness (QED) is 0.898. The number of nitrogens with zero attached hydrogens (tertiary/aromatic N) is 1. The van der Waals surface area contributed by atoms with Crippen LogP contribution in [0, 0.1) is 6.92 Å². The molecule has 0 aliphatic heterocycles. The molecule has 2 aromatic rings. The lowest BCUT2D eigenvalue weighted by Gasteiger charge is -2.14. The number of rotatable bonds is 5. The first-order valence-corrected chi connectivity index (χ1v) is 6.89. The number of para-hydroxylation sites is 1. The molecule has 18 heavy (non-hydrogen) atoms. The number of aryl methyl sites for hydroxylation is 1. The lowest BCUT2D eigenvalue weighted by atomic mass is 10.1. The van der Waals surface area contributed by atoms with E-state index >= 15 is 0 Å². The second kappa shape index (κ2) is 5.98. The highest BCUT2D eigenvalue weighted by atomic mass is 32.1. The highest BCUT2D eigenvalue weighted by Gasteiger charge is 2.11. The van der Waals surface area contributed by atoms with Crippen molar-refractivity contribution in [2.75, 3.05) is 0 Å². The van der Waals surface area contributed by atoms with Crippen LogP contribution in [0.2, 0.25) is 0 Å². The summed E-state index contributed by atoms with van der Waals surface area (Å²) >= 11 is 1.61. The average molecular weight is 263 g/mol. The Morgan fingerprint density at radius 2 is 2.17 bits per heavy atom. The van der Waals surface area contributed by atoms with Crippen LogP contribution in [0.5, 0.6) is 5.75 Å². The molecule has 0 spiro atoms. The van der Waals surface area contributed by atoms with E-state index in [4.69, 9.17) is 4.74 Å². The maximum atomic E-state index is 9.92. The van der Waals surface area contributed by atoms with Crippen LogP contribution in [0.3, 0.4) is 0 Å². The Labute approximate surface area is 111 Å². The van der Waals surface area contributed by atoms with Gasteiger partial charge >= 0.3 is 0 Å². The van der Waals surface area contributed by atoms with Crippen molar-refractivity contribution in [3.63, 3.8) is 0 Å². The predicted molar refractivity (Wildman–Crippen MR) is 72.9 cm³/mol. The smallest absolute Gasteiger partial charge is 0.131 e. The largest absolute Gasteiger partial charge is 0.487 e. The third-order valence-corrected chi connectivity index (χ3v) is 3.53. The Bertz CT molecular complexity index is 510. The third-order valence-electron chi connectivity index (χ3n) is 2.71. The van der Waals surface area contributed by atoms with E-state index in [-0.39, 0.29) is 0 Å². The van der Waals surface area contributed by atoms with Crippen LogP contribution >= 0.6 is 11.3 Å². The van der Waals surface area contributed by atoms with Gasteiger partial charge in [0.05, 0.1) is 16.8 Å². The monoisotopic (exact) mass is 263 g/mol. The molecular weight excluding hydrogens is 246 g/mol. The molecule has 2 rings (SSSR count). The third kappa shape index (κ3) is 3.09.